The van der Waals surface area contributed by atoms with Gasteiger partial charge in [-0.3, -0.25) is 9.59 Å². The summed E-state index contributed by atoms with van der Waals surface area (Å²) in [5.74, 6) is 0.343. The maximum Gasteiger partial charge on any atom is 0.245 e. The Balaban J connectivity index is 1.26. The Morgan fingerprint density at radius 2 is 1.95 bits per heavy atom. The maximum atomic E-state index is 14.0. The Bertz CT molecular complexity index is 1410. The molecule has 1 aromatic carbocycles. The van der Waals surface area contributed by atoms with Crippen molar-refractivity contribution in [1.29, 1.82) is 5.26 Å². The van der Waals surface area contributed by atoms with Crippen LogP contribution in [0.2, 0.25) is 0 Å². The van der Waals surface area contributed by atoms with Crippen LogP contribution < -0.4 is 10.6 Å². The minimum absolute atomic E-state index is 0.0334. The van der Waals surface area contributed by atoms with Gasteiger partial charge in [-0.1, -0.05) is 51.0 Å². The lowest BCUT2D eigenvalue weighted by Gasteiger charge is -2.33. The molecule has 3 aromatic rings. The number of anilines is 1. The fraction of sp³-hybridized carbons (Fsp3) is 0.464. The smallest absolute Gasteiger partial charge is 0.245 e. The molecular weight excluding hydrogens is 480 g/mol. The van der Waals surface area contributed by atoms with E-state index in [4.69, 9.17) is 0 Å². The molecule has 2 unspecified atom stereocenters. The number of carbonyl (C=O) groups is 2. The van der Waals surface area contributed by atoms with E-state index in [2.05, 4.69) is 50.7 Å². The number of hydrogen-bond donors (Lipinski definition) is 2. The van der Waals surface area contributed by atoms with Crippen molar-refractivity contribution in [2.75, 3.05) is 11.9 Å². The van der Waals surface area contributed by atoms with Crippen molar-refractivity contribution >= 4 is 28.3 Å². The number of nitrogens with zero attached hydrogens (tertiary/aromatic N) is 6. The number of piperidine rings is 1. The summed E-state index contributed by atoms with van der Waals surface area (Å²) in [5.41, 5.74) is 1.03. The van der Waals surface area contributed by atoms with E-state index in [0.717, 1.165) is 23.6 Å². The van der Waals surface area contributed by atoms with Gasteiger partial charge in [-0.05, 0) is 29.6 Å². The van der Waals surface area contributed by atoms with Crippen LogP contribution in [0.15, 0.2) is 49.2 Å². The first-order valence-electron chi connectivity index (χ1n) is 13.1. The summed E-state index contributed by atoms with van der Waals surface area (Å²) in [5, 5.41) is 26.1. The molecule has 10 heteroatoms. The predicted molar refractivity (Wildman–Crippen MR) is 139 cm³/mol. The fourth-order valence-corrected chi connectivity index (χ4v) is 6.15. The van der Waals surface area contributed by atoms with Gasteiger partial charge in [-0.25, -0.2) is 9.97 Å². The molecule has 1 aliphatic heterocycles. The molecule has 3 heterocycles. The molecule has 2 aliphatic carbocycles. The number of likely N-dealkylation sites (tertiary alicyclic amines) is 1. The van der Waals surface area contributed by atoms with E-state index >= 15 is 0 Å². The number of nitrogens with one attached hydrogen (secondary N) is 2. The normalized spacial score (nSPS) is 24.7. The van der Waals surface area contributed by atoms with Crippen molar-refractivity contribution < 1.29 is 9.59 Å². The first-order valence-corrected chi connectivity index (χ1v) is 13.1. The third-order valence-electron chi connectivity index (χ3n) is 8.51. The minimum Gasteiger partial charge on any atom is -0.371 e. The minimum atomic E-state index is -0.985. The van der Waals surface area contributed by atoms with E-state index in [1.165, 1.54) is 6.33 Å². The highest BCUT2D eigenvalue weighted by atomic mass is 16.2. The zero-order chi connectivity index (χ0) is 26.4. The monoisotopic (exact) mass is 510 g/mol. The molecule has 3 fully saturated rings. The number of amides is 2. The molecule has 194 valence electrons. The number of rotatable bonds is 8. The zero-order valence-corrected chi connectivity index (χ0v) is 21.4. The van der Waals surface area contributed by atoms with Gasteiger partial charge >= 0.3 is 0 Å². The third-order valence-corrected chi connectivity index (χ3v) is 8.51. The average Bonchev–Trinajstić information content (AvgIpc) is 3.79. The zero-order valence-electron chi connectivity index (χ0n) is 21.4. The maximum absolute atomic E-state index is 14.0. The molecule has 3 aliphatic rings. The van der Waals surface area contributed by atoms with Crippen LogP contribution in [-0.2, 0) is 9.59 Å². The van der Waals surface area contributed by atoms with E-state index in [-0.39, 0.29) is 29.1 Å². The average molecular weight is 511 g/mol. The van der Waals surface area contributed by atoms with Crippen LogP contribution in [0.4, 0.5) is 5.69 Å². The second-order valence-corrected chi connectivity index (χ2v) is 11.3. The number of aromatic nitrogens is 4. The standard InChI is InChI=1S/C28H30N8O2/c1-28(2)20-14-36(27(38)21(9-16-7-8-16)33-18-12-30-15-31-13-18)25(23(20)28)26(37)34-22(10-29)24-19-6-4-3-5-17(19)11-32-35-24/h3-6,11-13,15-16,20-23,25,33H,7-9,14H2,1-2H3,(H,34,37)/t20-,21?,22?,23-,25-/m0/s1. The van der Waals surface area contributed by atoms with Crippen molar-refractivity contribution in [3.8, 4) is 6.07 Å². The molecule has 10 nitrogen and oxygen atoms in total. The van der Waals surface area contributed by atoms with Crippen molar-refractivity contribution in [2.45, 2.75) is 51.2 Å². The summed E-state index contributed by atoms with van der Waals surface area (Å²) >= 11 is 0. The Labute approximate surface area is 220 Å². The summed E-state index contributed by atoms with van der Waals surface area (Å²) in [4.78, 5) is 37.6. The summed E-state index contributed by atoms with van der Waals surface area (Å²) in [6.07, 6.45) is 9.29. The van der Waals surface area contributed by atoms with Crippen LogP contribution >= 0.6 is 0 Å². The van der Waals surface area contributed by atoms with Gasteiger partial charge in [0.05, 0.1) is 30.3 Å². The lowest BCUT2D eigenvalue weighted by molar-refractivity contribution is -0.141. The molecule has 5 atom stereocenters. The Morgan fingerprint density at radius 1 is 1.18 bits per heavy atom. The van der Waals surface area contributed by atoms with Gasteiger partial charge in [0.2, 0.25) is 11.8 Å². The molecular formula is C28H30N8O2. The number of carbonyl (C=O) groups excluding carboxylic acids is 2. The quantitative estimate of drug-likeness (QED) is 0.472. The first-order chi connectivity index (χ1) is 18.4. The molecule has 1 saturated heterocycles. The molecule has 6 rings (SSSR count). The van der Waals surface area contributed by atoms with Gasteiger partial charge in [0.1, 0.15) is 24.1 Å². The molecule has 2 N–H and O–H groups in total. The summed E-state index contributed by atoms with van der Waals surface area (Å²) in [6, 6.07) is 7.58. The number of fused-ring (bicyclic) bond motifs is 2. The topological polar surface area (TPSA) is 137 Å². The lowest BCUT2D eigenvalue weighted by Crippen LogP contribution is -2.54. The second-order valence-electron chi connectivity index (χ2n) is 11.3. The van der Waals surface area contributed by atoms with Crippen LogP contribution in [-0.4, -0.2) is 55.5 Å². The van der Waals surface area contributed by atoms with Crippen LogP contribution in [0.25, 0.3) is 10.8 Å². The Morgan fingerprint density at radius 3 is 2.68 bits per heavy atom. The molecule has 38 heavy (non-hydrogen) atoms. The van der Waals surface area contributed by atoms with Crippen molar-refractivity contribution in [3.63, 3.8) is 0 Å². The Kier molecular flexibility index (Phi) is 5.94. The van der Waals surface area contributed by atoms with E-state index < -0.39 is 18.1 Å². The van der Waals surface area contributed by atoms with Gasteiger partial charge in [0, 0.05) is 17.3 Å². The van der Waals surface area contributed by atoms with Gasteiger partial charge in [0.15, 0.2) is 6.04 Å². The summed E-state index contributed by atoms with van der Waals surface area (Å²) in [7, 11) is 0. The fourth-order valence-electron chi connectivity index (χ4n) is 6.15. The van der Waals surface area contributed by atoms with E-state index in [0.29, 0.717) is 30.3 Å². The number of nitriles is 1. The van der Waals surface area contributed by atoms with Gasteiger partial charge in [-0.2, -0.15) is 15.5 Å². The van der Waals surface area contributed by atoms with Gasteiger partial charge in [0.25, 0.3) is 0 Å². The van der Waals surface area contributed by atoms with Crippen LogP contribution in [0, 0.1) is 34.5 Å². The highest BCUT2D eigenvalue weighted by Gasteiger charge is 2.69. The molecule has 2 amide bonds. The highest BCUT2D eigenvalue weighted by Crippen LogP contribution is 2.65. The second kappa shape index (κ2) is 9.31. The van der Waals surface area contributed by atoms with Gasteiger partial charge in [-0.15, -0.1) is 0 Å². The first kappa shape index (κ1) is 24.2. The molecule has 0 bridgehead atoms. The lowest BCUT2D eigenvalue weighted by atomic mass is 9.98. The van der Waals surface area contributed by atoms with Crippen LogP contribution in [0.1, 0.15) is 44.8 Å². The van der Waals surface area contributed by atoms with E-state index in [1.54, 1.807) is 23.5 Å². The predicted octanol–water partition coefficient (Wildman–Crippen LogP) is 2.86. The third kappa shape index (κ3) is 4.32. The Hall–Kier alpha value is -4.13. The van der Waals surface area contributed by atoms with Crippen molar-refractivity contribution in [3.05, 3.63) is 54.9 Å². The number of benzene rings is 1. The van der Waals surface area contributed by atoms with E-state index in [9.17, 15) is 14.9 Å². The molecule has 0 spiro atoms. The SMILES string of the molecule is CC1(C)[C@@H]2[C@@H](C(=O)NC(C#N)c3nncc4ccccc34)N(C(=O)C(CC3CC3)Nc3cncnc3)C[C@@H]21. The van der Waals surface area contributed by atoms with Crippen molar-refractivity contribution in [1.82, 2.24) is 30.4 Å². The molecule has 2 aromatic heterocycles. The van der Waals surface area contributed by atoms with Crippen LogP contribution in [0.5, 0.6) is 0 Å². The largest absolute Gasteiger partial charge is 0.371 e. The van der Waals surface area contributed by atoms with Crippen molar-refractivity contribution in [2.24, 2.45) is 23.2 Å². The summed E-state index contributed by atoms with van der Waals surface area (Å²) in [6.45, 7) is 4.81. The van der Waals surface area contributed by atoms with Gasteiger partial charge < -0.3 is 15.5 Å². The van der Waals surface area contributed by atoms with E-state index in [1.807, 2.05) is 24.3 Å². The molecule has 2 saturated carbocycles. The highest BCUT2D eigenvalue weighted by molar-refractivity contribution is 5.93. The molecule has 0 radical (unpaired) electrons. The number of hydrogen-bond acceptors (Lipinski definition) is 8. The van der Waals surface area contributed by atoms with Crippen LogP contribution in [0.3, 0.4) is 0 Å². The summed E-state index contributed by atoms with van der Waals surface area (Å²) < 4.78 is 0.